The van der Waals surface area contributed by atoms with Gasteiger partial charge in [-0.2, -0.15) is 0 Å². The molecule has 6 nitrogen and oxygen atoms in total. The molecule has 0 spiro atoms. The molecule has 1 heterocycles. The summed E-state index contributed by atoms with van der Waals surface area (Å²) in [4.78, 5) is 11.8. The lowest BCUT2D eigenvalue weighted by atomic mass is 10.2. The molecule has 1 aliphatic rings. The first kappa shape index (κ1) is 13.0. The highest BCUT2D eigenvalue weighted by Crippen LogP contribution is 2.10. The Labute approximate surface area is 106 Å². The van der Waals surface area contributed by atoms with Crippen molar-refractivity contribution in [3.8, 4) is 0 Å². The van der Waals surface area contributed by atoms with Crippen molar-refractivity contribution in [1.29, 1.82) is 0 Å². The Kier molecular flexibility index (Phi) is 3.65. The fraction of sp³-hybridized carbons (Fsp3) is 0.364. The average molecular weight is 269 g/mol. The summed E-state index contributed by atoms with van der Waals surface area (Å²) in [6, 6.07) is 5.55. The molecule has 1 aliphatic heterocycles. The highest BCUT2D eigenvalue weighted by molar-refractivity contribution is 7.89. The van der Waals surface area contributed by atoms with E-state index in [-0.39, 0.29) is 10.8 Å². The Hall–Kier alpha value is -1.44. The van der Waals surface area contributed by atoms with Crippen molar-refractivity contribution in [1.82, 2.24) is 10.4 Å². The van der Waals surface area contributed by atoms with Crippen LogP contribution in [0.15, 0.2) is 29.2 Å². The molecule has 0 aromatic heterocycles. The molecule has 7 heteroatoms. The first-order chi connectivity index (χ1) is 8.47. The quantitative estimate of drug-likeness (QED) is 0.812. The first-order valence-corrected chi connectivity index (χ1v) is 7.20. The summed E-state index contributed by atoms with van der Waals surface area (Å²) in [5.74, 6) is -0.238. The van der Waals surface area contributed by atoms with Crippen LogP contribution in [0.3, 0.4) is 0 Å². The second-order valence-electron chi connectivity index (χ2n) is 4.20. The SMILES string of the molecule is NS(=O)(=O)c1ccc(C(=O)NN2CCCC2)cc1. The maximum absolute atomic E-state index is 11.8. The zero-order valence-corrected chi connectivity index (χ0v) is 10.6. The lowest BCUT2D eigenvalue weighted by Gasteiger charge is -2.16. The minimum absolute atomic E-state index is 0.000206. The largest absolute Gasteiger partial charge is 0.285 e. The van der Waals surface area contributed by atoms with E-state index in [1.54, 1.807) is 0 Å². The van der Waals surface area contributed by atoms with Gasteiger partial charge in [0.15, 0.2) is 0 Å². The van der Waals surface area contributed by atoms with Crippen molar-refractivity contribution in [3.05, 3.63) is 29.8 Å². The summed E-state index contributed by atoms with van der Waals surface area (Å²) >= 11 is 0. The highest BCUT2D eigenvalue weighted by Gasteiger charge is 2.15. The number of sulfonamides is 1. The fourth-order valence-corrected chi connectivity index (χ4v) is 2.35. The van der Waals surface area contributed by atoms with Crippen LogP contribution in [0, 0.1) is 0 Å². The molecule has 1 fully saturated rings. The van der Waals surface area contributed by atoms with Crippen LogP contribution in [0.25, 0.3) is 0 Å². The number of benzene rings is 1. The molecule has 98 valence electrons. The summed E-state index contributed by atoms with van der Waals surface area (Å²) in [6.45, 7) is 1.70. The van der Waals surface area contributed by atoms with Crippen molar-refractivity contribution in [2.45, 2.75) is 17.7 Å². The predicted molar refractivity (Wildman–Crippen MR) is 66.1 cm³/mol. The number of carbonyl (C=O) groups is 1. The molecule has 0 atom stereocenters. The molecule has 18 heavy (non-hydrogen) atoms. The topological polar surface area (TPSA) is 92.5 Å². The lowest BCUT2D eigenvalue weighted by molar-refractivity contribution is 0.0826. The number of hydrazine groups is 1. The van der Waals surface area contributed by atoms with Gasteiger partial charge in [0.05, 0.1) is 4.90 Å². The number of nitrogens with one attached hydrogen (secondary N) is 1. The van der Waals surface area contributed by atoms with Gasteiger partial charge in [-0.3, -0.25) is 10.2 Å². The highest BCUT2D eigenvalue weighted by atomic mass is 32.2. The smallest absolute Gasteiger partial charge is 0.265 e. The number of hydrogen-bond acceptors (Lipinski definition) is 4. The van der Waals surface area contributed by atoms with Gasteiger partial charge in [0, 0.05) is 18.7 Å². The van der Waals surface area contributed by atoms with Crippen molar-refractivity contribution in [2.24, 2.45) is 5.14 Å². The van der Waals surface area contributed by atoms with E-state index < -0.39 is 10.0 Å². The van der Waals surface area contributed by atoms with E-state index in [1.165, 1.54) is 24.3 Å². The molecule has 1 amide bonds. The van der Waals surface area contributed by atoms with E-state index in [4.69, 9.17) is 5.14 Å². The molecule has 1 aromatic rings. The van der Waals surface area contributed by atoms with E-state index in [0.717, 1.165) is 25.9 Å². The number of nitrogens with two attached hydrogens (primary N) is 1. The maximum atomic E-state index is 11.8. The van der Waals surface area contributed by atoms with E-state index in [1.807, 2.05) is 5.01 Å². The average Bonchev–Trinajstić information content (AvgIpc) is 2.81. The molecular formula is C11H15N3O3S. The predicted octanol–water partition coefficient (Wildman–Crippen LogP) is 0.0746. The van der Waals surface area contributed by atoms with Gasteiger partial charge >= 0.3 is 0 Å². The van der Waals surface area contributed by atoms with Crippen LogP contribution < -0.4 is 10.6 Å². The summed E-state index contributed by atoms with van der Waals surface area (Å²) < 4.78 is 22.1. The Bertz CT molecular complexity index is 533. The standard InChI is InChI=1S/C11H15N3O3S/c12-18(16,17)10-5-3-9(4-6-10)11(15)13-14-7-1-2-8-14/h3-6H,1-2,7-8H2,(H,13,15)(H2,12,16,17). The third-order valence-corrected chi connectivity index (χ3v) is 3.74. The Morgan fingerprint density at radius 1 is 1.17 bits per heavy atom. The zero-order chi connectivity index (χ0) is 13.2. The molecule has 1 aromatic carbocycles. The molecule has 1 saturated heterocycles. The zero-order valence-electron chi connectivity index (χ0n) is 9.80. The monoisotopic (exact) mass is 269 g/mol. The normalized spacial score (nSPS) is 16.7. The van der Waals surface area contributed by atoms with Gasteiger partial charge in [0.25, 0.3) is 5.91 Å². The number of hydrogen-bond donors (Lipinski definition) is 2. The number of primary sulfonamides is 1. The summed E-state index contributed by atoms with van der Waals surface area (Å²) in [5, 5.41) is 6.84. The Morgan fingerprint density at radius 3 is 2.22 bits per heavy atom. The Morgan fingerprint density at radius 2 is 1.72 bits per heavy atom. The fourth-order valence-electron chi connectivity index (χ4n) is 1.83. The maximum Gasteiger partial charge on any atom is 0.265 e. The lowest BCUT2D eigenvalue weighted by Crippen LogP contribution is -2.39. The second kappa shape index (κ2) is 5.05. The van der Waals surface area contributed by atoms with E-state index >= 15 is 0 Å². The van der Waals surface area contributed by atoms with E-state index in [2.05, 4.69) is 5.43 Å². The number of carbonyl (C=O) groups excluding carboxylic acids is 1. The first-order valence-electron chi connectivity index (χ1n) is 5.65. The van der Waals surface area contributed by atoms with Gasteiger partial charge in [0.2, 0.25) is 10.0 Å². The van der Waals surface area contributed by atoms with E-state index in [9.17, 15) is 13.2 Å². The number of amides is 1. The third kappa shape index (κ3) is 3.06. The van der Waals surface area contributed by atoms with Crippen molar-refractivity contribution >= 4 is 15.9 Å². The molecule has 0 bridgehead atoms. The van der Waals surface area contributed by atoms with Gasteiger partial charge in [-0.25, -0.2) is 18.6 Å². The minimum atomic E-state index is -3.71. The second-order valence-corrected chi connectivity index (χ2v) is 5.77. The molecule has 0 radical (unpaired) electrons. The van der Waals surface area contributed by atoms with Gasteiger partial charge in [-0.05, 0) is 37.1 Å². The van der Waals surface area contributed by atoms with Crippen molar-refractivity contribution < 1.29 is 13.2 Å². The third-order valence-electron chi connectivity index (χ3n) is 2.81. The van der Waals surface area contributed by atoms with Crippen LogP contribution in [0.5, 0.6) is 0 Å². The summed E-state index contributed by atoms with van der Waals surface area (Å²) in [5.41, 5.74) is 3.18. The van der Waals surface area contributed by atoms with Crippen LogP contribution in [0.4, 0.5) is 0 Å². The minimum Gasteiger partial charge on any atom is -0.285 e. The van der Waals surface area contributed by atoms with Gasteiger partial charge < -0.3 is 0 Å². The van der Waals surface area contributed by atoms with Crippen LogP contribution >= 0.6 is 0 Å². The summed E-state index contributed by atoms with van der Waals surface area (Å²) in [6.07, 6.45) is 2.15. The molecule has 0 unspecified atom stereocenters. The van der Waals surface area contributed by atoms with E-state index in [0.29, 0.717) is 5.56 Å². The molecule has 0 aliphatic carbocycles. The van der Waals surface area contributed by atoms with Gasteiger partial charge in [-0.1, -0.05) is 0 Å². The van der Waals surface area contributed by atoms with Crippen LogP contribution in [0.1, 0.15) is 23.2 Å². The summed E-state index contributed by atoms with van der Waals surface area (Å²) in [7, 11) is -3.71. The number of nitrogens with zero attached hydrogens (tertiary/aromatic N) is 1. The molecular weight excluding hydrogens is 254 g/mol. The van der Waals surface area contributed by atoms with Gasteiger partial charge in [-0.15, -0.1) is 0 Å². The molecule has 2 rings (SSSR count). The van der Waals surface area contributed by atoms with Crippen LogP contribution in [-0.2, 0) is 10.0 Å². The van der Waals surface area contributed by atoms with Crippen molar-refractivity contribution in [2.75, 3.05) is 13.1 Å². The molecule has 3 N–H and O–H groups in total. The van der Waals surface area contributed by atoms with Crippen LogP contribution in [0.2, 0.25) is 0 Å². The molecule has 0 saturated carbocycles. The number of rotatable bonds is 3. The van der Waals surface area contributed by atoms with Gasteiger partial charge in [0.1, 0.15) is 0 Å². The Balaban J connectivity index is 2.07. The van der Waals surface area contributed by atoms with Crippen molar-refractivity contribution in [3.63, 3.8) is 0 Å². The van der Waals surface area contributed by atoms with Crippen LogP contribution in [-0.4, -0.2) is 32.4 Å².